The van der Waals surface area contributed by atoms with Crippen LogP contribution in [0.1, 0.15) is 50.5 Å². The summed E-state index contributed by atoms with van der Waals surface area (Å²) in [6, 6.07) is 30.4. The number of hydrogen-bond donors (Lipinski definition) is 2. The SMILES string of the molecule is Cc1cc(C)c(-c2c3nc(nc4ccc([nH]4)c(-c4c(C)cc(C)cc4C)c4ccc(=O)n(n4)c4ccc2[nH]4)C(c2ccccc2)=C3)c(C)c1. The first-order valence-corrected chi connectivity index (χ1v) is 16.5. The van der Waals surface area contributed by atoms with Crippen molar-refractivity contribution in [1.29, 1.82) is 0 Å². The van der Waals surface area contributed by atoms with Crippen molar-refractivity contribution in [3.8, 4) is 22.3 Å². The second kappa shape index (κ2) is 11.6. The molecule has 0 atom stereocenters. The highest BCUT2D eigenvalue weighted by atomic mass is 16.1. The molecule has 49 heavy (non-hydrogen) atoms. The molecule has 0 aliphatic carbocycles. The van der Waals surface area contributed by atoms with Crippen molar-refractivity contribution < 1.29 is 0 Å². The Hall–Kier alpha value is -6.08. The van der Waals surface area contributed by atoms with E-state index in [1.165, 1.54) is 15.6 Å². The van der Waals surface area contributed by atoms with Gasteiger partial charge in [-0.25, -0.2) is 9.97 Å². The number of benzene rings is 3. The van der Waals surface area contributed by atoms with Crippen LogP contribution in [0.15, 0.2) is 95.8 Å². The summed E-state index contributed by atoms with van der Waals surface area (Å²) in [5, 5.41) is 5.00. The minimum Gasteiger partial charge on any atom is -0.340 e. The maximum atomic E-state index is 13.5. The number of rotatable bonds is 3. The van der Waals surface area contributed by atoms with Crippen molar-refractivity contribution in [1.82, 2.24) is 29.5 Å². The molecule has 0 unspecified atom stereocenters. The van der Waals surface area contributed by atoms with Crippen LogP contribution in [0.3, 0.4) is 0 Å². The largest absolute Gasteiger partial charge is 0.340 e. The summed E-state index contributed by atoms with van der Waals surface area (Å²) < 4.78 is 1.46. The smallest absolute Gasteiger partial charge is 0.272 e. The van der Waals surface area contributed by atoms with Crippen molar-refractivity contribution >= 4 is 39.5 Å². The molecular formula is C42H36N6O. The Bertz CT molecular complexity index is 2640. The third kappa shape index (κ3) is 5.24. The van der Waals surface area contributed by atoms with Crippen LogP contribution in [0.5, 0.6) is 0 Å². The number of aromatic nitrogens is 6. The minimum absolute atomic E-state index is 0.232. The molecule has 1 aliphatic rings. The van der Waals surface area contributed by atoms with Gasteiger partial charge in [0.2, 0.25) is 0 Å². The standard InChI is InChI=1S/C42H36N6O/c1-23-18-25(3)38(26(4)19-23)40-31-12-15-35(43-31)46-42-30(29-10-8-7-9-11-29)22-34(45-42)41(39-27(5)20-24(2)21-28(39)6)32-13-16-36(44-32)48-37(49)17-14-33(40)47-48/h7-22,44H,1-6H3,(H,43,45,46). The summed E-state index contributed by atoms with van der Waals surface area (Å²) in [5.74, 6) is 0.621. The molecular weight excluding hydrogens is 605 g/mol. The van der Waals surface area contributed by atoms with Gasteiger partial charge >= 0.3 is 0 Å². The Balaban J connectivity index is 1.59. The van der Waals surface area contributed by atoms with Crippen molar-refractivity contribution in [3.05, 3.63) is 152 Å². The summed E-state index contributed by atoms with van der Waals surface area (Å²) in [6.45, 7) is 12.7. The highest BCUT2D eigenvalue weighted by Crippen LogP contribution is 2.38. The van der Waals surface area contributed by atoms with E-state index < -0.39 is 0 Å². The highest BCUT2D eigenvalue weighted by molar-refractivity contribution is 5.99. The molecule has 5 heterocycles. The van der Waals surface area contributed by atoms with E-state index in [9.17, 15) is 4.79 Å². The zero-order chi connectivity index (χ0) is 34.0. The maximum absolute atomic E-state index is 13.5. The fourth-order valence-electron chi connectivity index (χ4n) is 7.48. The lowest BCUT2D eigenvalue weighted by Gasteiger charge is -2.13. The molecule has 0 saturated heterocycles. The van der Waals surface area contributed by atoms with Crippen LogP contribution < -0.4 is 5.56 Å². The van der Waals surface area contributed by atoms with Crippen molar-refractivity contribution in [2.24, 2.45) is 0 Å². The summed E-state index contributed by atoms with van der Waals surface area (Å²) in [7, 11) is 0. The van der Waals surface area contributed by atoms with Crippen molar-refractivity contribution in [3.63, 3.8) is 0 Å². The lowest BCUT2D eigenvalue weighted by Crippen LogP contribution is -2.14. The van der Waals surface area contributed by atoms with E-state index in [-0.39, 0.29) is 5.56 Å². The van der Waals surface area contributed by atoms with Crippen LogP contribution in [0.25, 0.3) is 61.7 Å². The molecule has 0 spiro atoms. The molecule has 2 N–H and O–H groups in total. The van der Waals surface area contributed by atoms with E-state index >= 15 is 0 Å². The third-order valence-electron chi connectivity index (χ3n) is 9.33. The third-order valence-corrected chi connectivity index (χ3v) is 9.33. The van der Waals surface area contributed by atoms with Crippen molar-refractivity contribution in [2.45, 2.75) is 41.5 Å². The van der Waals surface area contributed by atoms with Gasteiger partial charge < -0.3 is 9.97 Å². The van der Waals surface area contributed by atoms with Gasteiger partial charge in [0.25, 0.3) is 5.56 Å². The molecule has 0 saturated carbocycles. The zero-order valence-corrected chi connectivity index (χ0v) is 28.4. The lowest BCUT2D eigenvalue weighted by molar-refractivity contribution is 0.902. The van der Waals surface area contributed by atoms with Gasteiger partial charge in [0, 0.05) is 33.8 Å². The van der Waals surface area contributed by atoms with Gasteiger partial charge in [-0.3, -0.25) is 4.79 Å². The molecule has 7 aromatic rings. The molecule has 1 aliphatic heterocycles. The van der Waals surface area contributed by atoms with Crippen LogP contribution in [0.4, 0.5) is 0 Å². The van der Waals surface area contributed by atoms with Crippen LogP contribution >= 0.6 is 0 Å². The number of nitrogens with one attached hydrogen (secondary N) is 2. The molecule has 0 fully saturated rings. The van der Waals surface area contributed by atoms with Crippen LogP contribution in [0.2, 0.25) is 0 Å². The molecule has 0 radical (unpaired) electrons. The number of nitrogens with zero attached hydrogens (tertiary/aromatic N) is 4. The fourth-order valence-corrected chi connectivity index (χ4v) is 7.48. The average Bonchev–Trinajstić information content (AvgIpc) is 3.82. The Morgan fingerprint density at radius 1 is 0.592 bits per heavy atom. The molecule has 8 rings (SSSR count). The van der Waals surface area contributed by atoms with E-state index in [0.717, 1.165) is 72.4 Å². The van der Waals surface area contributed by atoms with Gasteiger partial charge in [-0.1, -0.05) is 65.7 Å². The Labute approximate surface area is 284 Å². The summed E-state index contributed by atoms with van der Waals surface area (Å²) >= 11 is 0. The molecule has 4 aromatic heterocycles. The predicted octanol–water partition coefficient (Wildman–Crippen LogP) is 9.22. The van der Waals surface area contributed by atoms with Crippen LogP contribution in [0, 0.1) is 41.5 Å². The Kier molecular flexibility index (Phi) is 7.14. The maximum Gasteiger partial charge on any atom is 0.272 e. The highest BCUT2D eigenvalue weighted by Gasteiger charge is 2.21. The fraction of sp³-hybridized carbons (Fsp3) is 0.143. The monoisotopic (exact) mass is 640 g/mol. The van der Waals surface area contributed by atoms with E-state index in [1.54, 1.807) is 12.1 Å². The zero-order valence-electron chi connectivity index (χ0n) is 28.4. The molecule has 7 nitrogen and oxygen atoms in total. The normalized spacial score (nSPS) is 12.1. The van der Waals surface area contributed by atoms with Gasteiger partial charge in [-0.05, 0) is 117 Å². The van der Waals surface area contributed by atoms with Crippen LogP contribution in [-0.2, 0) is 0 Å². The van der Waals surface area contributed by atoms with Gasteiger partial charge in [-0.2, -0.15) is 9.61 Å². The number of hydrogen-bond acceptors (Lipinski definition) is 4. The minimum atomic E-state index is -0.232. The van der Waals surface area contributed by atoms with Crippen LogP contribution in [-0.4, -0.2) is 29.5 Å². The molecule has 7 heteroatoms. The summed E-state index contributed by atoms with van der Waals surface area (Å²) in [6.07, 6.45) is 2.13. The van der Waals surface area contributed by atoms with E-state index in [0.29, 0.717) is 22.6 Å². The molecule has 3 aromatic carbocycles. The summed E-state index contributed by atoms with van der Waals surface area (Å²) in [4.78, 5) is 31.1. The van der Waals surface area contributed by atoms with Crippen molar-refractivity contribution in [2.75, 3.05) is 0 Å². The number of H-pyrrole nitrogens is 2. The number of aryl methyl sites for hydroxylation is 6. The van der Waals surface area contributed by atoms with E-state index in [2.05, 4.69) is 94.0 Å². The van der Waals surface area contributed by atoms with Gasteiger partial charge in [-0.15, -0.1) is 0 Å². The van der Waals surface area contributed by atoms with Gasteiger partial charge in [0.1, 0.15) is 11.3 Å². The van der Waals surface area contributed by atoms with E-state index in [4.69, 9.17) is 15.1 Å². The Morgan fingerprint density at radius 3 is 1.88 bits per heavy atom. The molecule has 0 amide bonds. The first-order valence-electron chi connectivity index (χ1n) is 16.5. The number of fused-ring (bicyclic) bond motifs is 9. The van der Waals surface area contributed by atoms with E-state index in [1.807, 2.05) is 42.5 Å². The first kappa shape index (κ1) is 30.3. The average molecular weight is 641 g/mol. The topological polar surface area (TPSA) is 91.7 Å². The summed E-state index contributed by atoms with van der Waals surface area (Å²) in [5.41, 5.74) is 17.0. The van der Waals surface area contributed by atoms with Gasteiger partial charge in [0.05, 0.1) is 11.2 Å². The lowest BCUT2D eigenvalue weighted by atomic mass is 9.92. The number of aromatic amines is 2. The molecule has 240 valence electrons. The second-order valence-electron chi connectivity index (χ2n) is 13.1. The Morgan fingerprint density at radius 2 is 1.20 bits per heavy atom. The molecule has 8 bridgehead atoms. The predicted molar refractivity (Wildman–Crippen MR) is 200 cm³/mol. The second-order valence-corrected chi connectivity index (χ2v) is 13.1. The van der Waals surface area contributed by atoms with Gasteiger partial charge in [0.15, 0.2) is 5.82 Å². The quantitative estimate of drug-likeness (QED) is 0.201. The first-order chi connectivity index (χ1) is 23.6.